The Kier molecular flexibility index (Phi) is 7.30. The fourth-order valence-electron chi connectivity index (χ4n) is 3.75. The number of likely N-dealkylation sites (tertiary alicyclic amines) is 1. The number of nitrogens with one attached hydrogen (secondary N) is 1. The molecule has 0 saturated carbocycles. The van der Waals surface area contributed by atoms with E-state index in [0.717, 1.165) is 25.7 Å². The van der Waals surface area contributed by atoms with Gasteiger partial charge in [-0.05, 0) is 62.3 Å². The first-order valence-corrected chi connectivity index (χ1v) is 11.8. The molecule has 0 atom stereocenters. The summed E-state index contributed by atoms with van der Waals surface area (Å²) in [7, 11) is -3.72. The molecule has 0 aromatic heterocycles. The Morgan fingerprint density at radius 1 is 1.17 bits per heavy atom. The van der Waals surface area contributed by atoms with Crippen LogP contribution in [0.1, 0.15) is 40.7 Å². The third kappa shape index (κ3) is 5.71. The van der Waals surface area contributed by atoms with Crippen LogP contribution in [0.2, 0.25) is 0 Å². The number of hydrogen-bond donors (Lipinski definition) is 1. The first kappa shape index (κ1) is 22.1. The number of nitrogens with zero attached hydrogens (tertiary/aromatic N) is 1. The minimum Gasteiger partial charge on any atom is -0.339 e. The highest BCUT2D eigenvalue weighted by Crippen LogP contribution is 2.24. The van der Waals surface area contributed by atoms with Crippen molar-refractivity contribution >= 4 is 15.9 Å². The highest BCUT2D eigenvalue weighted by atomic mass is 32.2. The summed E-state index contributed by atoms with van der Waals surface area (Å²) in [5.41, 5.74) is 3.02. The van der Waals surface area contributed by atoms with Crippen molar-refractivity contribution in [2.45, 2.75) is 37.5 Å². The van der Waals surface area contributed by atoms with Gasteiger partial charge >= 0.3 is 0 Å². The van der Waals surface area contributed by atoms with Gasteiger partial charge in [-0.3, -0.25) is 4.79 Å². The summed E-state index contributed by atoms with van der Waals surface area (Å²) >= 11 is 0. The van der Waals surface area contributed by atoms with Gasteiger partial charge in [0.25, 0.3) is 5.91 Å². The van der Waals surface area contributed by atoms with Crippen LogP contribution in [0.4, 0.5) is 0 Å². The number of carbonyl (C=O) groups is 1. The van der Waals surface area contributed by atoms with Gasteiger partial charge in [-0.2, -0.15) is 4.72 Å². The molecule has 1 aliphatic heterocycles. The molecule has 30 heavy (non-hydrogen) atoms. The van der Waals surface area contributed by atoms with Crippen LogP contribution < -0.4 is 4.72 Å². The standard InChI is InChI=1S/C24H28N2O3S/c1-3-15-25-30(28,29)23-6-4-5-22(18-23)24(27)26-16-13-21(14-17-26)12-11-20-9-7-19(2)8-10-20/h1,4-10,18,21,25H,11-17H2,2H3. The molecule has 0 radical (unpaired) electrons. The molecular weight excluding hydrogens is 396 g/mol. The van der Waals surface area contributed by atoms with Crippen molar-refractivity contribution in [1.29, 1.82) is 0 Å². The van der Waals surface area contributed by atoms with E-state index in [1.807, 2.05) is 4.90 Å². The van der Waals surface area contributed by atoms with E-state index in [2.05, 4.69) is 41.8 Å². The SMILES string of the molecule is C#CCNS(=O)(=O)c1cccc(C(=O)N2CCC(CCc3ccc(C)cc3)CC2)c1. The second-order valence-electron chi connectivity index (χ2n) is 7.82. The molecular formula is C24H28N2O3S. The Bertz CT molecular complexity index is 1020. The quantitative estimate of drug-likeness (QED) is 0.693. The Morgan fingerprint density at radius 2 is 1.87 bits per heavy atom. The third-order valence-electron chi connectivity index (χ3n) is 5.62. The molecule has 158 valence electrons. The molecule has 1 heterocycles. The number of carbonyl (C=O) groups excluding carboxylic acids is 1. The van der Waals surface area contributed by atoms with Gasteiger partial charge < -0.3 is 4.90 Å². The van der Waals surface area contributed by atoms with Gasteiger partial charge in [-0.15, -0.1) is 6.42 Å². The average molecular weight is 425 g/mol. The van der Waals surface area contributed by atoms with E-state index in [1.54, 1.807) is 12.1 Å². The second kappa shape index (κ2) is 9.92. The van der Waals surface area contributed by atoms with Crippen LogP contribution in [0.5, 0.6) is 0 Å². The molecule has 0 unspecified atom stereocenters. The normalized spacial score (nSPS) is 15.0. The Morgan fingerprint density at radius 3 is 2.53 bits per heavy atom. The monoisotopic (exact) mass is 424 g/mol. The number of sulfonamides is 1. The topological polar surface area (TPSA) is 66.5 Å². The largest absolute Gasteiger partial charge is 0.339 e. The highest BCUT2D eigenvalue weighted by molar-refractivity contribution is 7.89. The van der Waals surface area contributed by atoms with Crippen molar-refractivity contribution in [3.63, 3.8) is 0 Å². The summed E-state index contributed by atoms with van der Waals surface area (Å²) < 4.78 is 26.8. The van der Waals surface area contributed by atoms with E-state index in [-0.39, 0.29) is 17.3 Å². The number of rotatable bonds is 7. The fourth-order valence-corrected chi connectivity index (χ4v) is 4.73. The average Bonchev–Trinajstić information content (AvgIpc) is 2.77. The molecule has 1 fully saturated rings. The van der Waals surface area contributed by atoms with Crippen molar-refractivity contribution in [1.82, 2.24) is 9.62 Å². The van der Waals surface area contributed by atoms with Gasteiger partial charge in [0.15, 0.2) is 0 Å². The summed E-state index contributed by atoms with van der Waals surface area (Å²) in [5.74, 6) is 2.73. The molecule has 6 heteroatoms. The van der Waals surface area contributed by atoms with Crippen molar-refractivity contribution in [3.8, 4) is 12.3 Å². The molecule has 0 spiro atoms. The maximum Gasteiger partial charge on any atom is 0.253 e. The molecule has 0 aliphatic carbocycles. The number of aryl methyl sites for hydroxylation is 2. The fraction of sp³-hybridized carbons (Fsp3) is 0.375. The Hall–Kier alpha value is -2.62. The van der Waals surface area contributed by atoms with Crippen LogP contribution in [0, 0.1) is 25.2 Å². The number of amides is 1. The zero-order chi connectivity index (χ0) is 21.6. The predicted octanol–water partition coefficient (Wildman–Crippen LogP) is 3.39. The lowest BCUT2D eigenvalue weighted by atomic mass is 9.90. The van der Waals surface area contributed by atoms with E-state index in [1.165, 1.54) is 23.3 Å². The van der Waals surface area contributed by atoms with Crippen molar-refractivity contribution < 1.29 is 13.2 Å². The Balaban J connectivity index is 1.55. The van der Waals surface area contributed by atoms with Crippen LogP contribution in [-0.4, -0.2) is 38.9 Å². The second-order valence-corrected chi connectivity index (χ2v) is 9.58. The van der Waals surface area contributed by atoms with E-state index in [4.69, 9.17) is 6.42 Å². The number of piperidine rings is 1. The Labute approximate surface area is 179 Å². The number of benzene rings is 2. The van der Waals surface area contributed by atoms with Crippen LogP contribution in [0.25, 0.3) is 0 Å². The summed E-state index contributed by atoms with van der Waals surface area (Å²) in [6.07, 6.45) is 9.25. The number of terminal acetylenes is 1. The van der Waals surface area contributed by atoms with E-state index in [9.17, 15) is 13.2 Å². The first-order chi connectivity index (χ1) is 14.4. The van der Waals surface area contributed by atoms with Gasteiger partial charge in [-0.25, -0.2) is 8.42 Å². The summed E-state index contributed by atoms with van der Waals surface area (Å²) in [5, 5.41) is 0. The summed E-state index contributed by atoms with van der Waals surface area (Å²) in [6, 6.07) is 14.8. The first-order valence-electron chi connectivity index (χ1n) is 10.3. The van der Waals surface area contributed by atoms with Crippen LogP contribution >= 0.6 is 0 Å². The molecule has 1 amide bonds. The van der Waals surface area contributed by atoms with Crippen molar-refractivity contribution in [2.75, 3.05) is 19.6 Å². The van der Waals surface area contributed by atoms with Crippen molar-refractivity contribution in [3.05, 3.63) is 65.2 Å². The van der Waals surface area contributed by atoms with Gasteiger partial charge in [0.05, 0.1) is 11.4 Å². The zero-order valence-corrected chi connectivity index (χ0v) is 18.1. The summed E-state index contributed by atoms with van der Waals surface area (Å²) in [4.78, 5) is 14.8. The smallest absolute Gasteiger partial charge is 0.253 e. The van der Waals surface area contributed by atoms with Gasteiger partial charge in [0.2, 0.25) is 10.0 Å². The third-order valence-corrected chi connectivity index (χ3v) is 7.02. The lowest BCUT2D eigenvalue weighted by Crippen LogP contribution is -2.38. The predicted molar refractivity (Wildman–Crippen MR) is 119 cm³/mol. The molecule has 2 aromatic carbocycles. The van der Waals surface area contributed by atoms with Gasteiger partial charge in [0.1, 0.15) is 0 Å². The lowest BCUT2D eigenvalue weighted by Gasteiger charge is -2.32. The molecule has 1 saturated heterocycles. The number of hydrogen-bond acceptors (Lipinski definition) is 3. The molecule has 3 rings (SSSR count). The maximum atomic E-state index is 12.9. The molecule has 1 N–H and O–H groups in total. The molecule has 0 bridgehead atoms. The van der Waals surface area contributed by atoms with Gasteiger partial charge in [-0.1, -0.05) is 41.8 Å². The minimum atomic E-state index is -3.72. The van der Waals surface area contributed by atoms with Crippen LogP contribution in [0.3, 0.4) is 0 Å². The molecule has 2 aromatic rings. The van der Waals surface area contributed by atoms with E-state index in [0.29, 0.717) is 24.6 Å². The molecule has 5 nitrogen and oxygen atoms in total. The minimum absolute atomic E-state index is 0.0524. The lowest BCUT2D eigenvalue weighted by molar-refractivity contribution is 0.0686. The van der Waals surface area contributed by atoms with Crippen LogP contribution in [0.15, 0.2) is 53.4 Å². The maximum absolute atomic E-state index is 12.9. The summed E-state index contributed by atoms with van der Waals surface area (Å²) in [6.45, 7) is 3.40. The van der Waals surface area contributed by atoms with E-state index < -0.39 is 10.0 Å². The van der Waals surface area contributed by atoms with Crippen molar-refractivity contribution in [2.24, 2.45) is 5.92 Å². The van der Waals surface area contributed by atoms with E-state index >= 15 is 0 Å². The zero-order valence-electron chi connectivity index (χ0n) is 17.3. The molecule has 1 aliphatic rings. The highest BCUT2D eigenvalue weighted by Gasteiger charge is 2.24. The van der Waals surface area contributed by atoms with Gasteiger partial charge in [0, 0.05) is 18.7 Å². The van der Waals surface area contributed by atoms with Crippen LogP contribution in [-0.2, 0) is 16.4 Å².